The van der Waals surface area contributed by atoms with E-state index in [0.717, 1.165) is 19.1 Å². The zero-order valence-electron chi connectivity index (χ0n) is 12.7. The van der Waals surface area contributed by atoms with Crippen molar-refractivity contribution in [1.29, 1.82) is 0 Å². The molecule has 2 fully saturated rings. The van der Waals surface area contributed by atoms with Crippen LogP contribution in [0.5, 0.6) is 0 Å². The molecule has 1 saturated carbocycles. The molecule has 0 atom stereocenters. The lowest BCUT2D eigenvalue weighted by Gasteiger charge is -2.15. The molecule has 1 aliphatic carbocycles. The van der Waals surface area contributed by atoms with Crippen molar-refractivity contribution in [1.82, 2.24) is 14.8 Å². The molecule has 21 heavy (non-hydrogen) atoms. The summed E-state index contributed by atoms with van der Waals surface area (Å²) in [5.41, 5.74) is 2.84. The number of rotatable bonds is 6. The molecular weight excluding hydrogens is 258 g/mol. The van der Waals surface area contributed by atoms with Crippen LogP contribution in [-0.2, 0) is 13.1 Å². The van der Waals surface area contributed by atoms with Gasteiger partial charge in [0.25, 0.3) is 0 Å². The van der Waals surface area contributed by atoms with Gasteiger partial charge >= 0.3 is 0 Å². The molecule has 1 saturated heterocycles. The van der Waals surface area contributed by atoms with Crippen LogP contribution >= 0.6 is 0 Å². The first-order valence-corrected chi connectivity index (χ1v) is 8.43. The molecule has 0 radical (unpaired) electrons. The van der Waals surface area contributed by atoms with Crippen LogP contribution in [0.2, 0.25) is 0 Å². The van der Waals surface area contributed by atoms with Crippen LogP contribution in [0.4, 0.5) is 0 Å². The minimum atomic E-state index is 0.775. The summed E-state index contributed by atoms with van der Waals surface area (Å²) < 4.78 is 2.42. The van der Waals surface area contributed by atoms with Crippen molar-refractivity contribution >= 4 is 10.9 Å². The normalized spacial score (nSPS) is 19.6. The number of benzene rings is 1. The molecule has 0 spiro atoms. The van der Waals surface area contributed by atoms with Gasteiger partial charge in [0.2, 0.25) is 0 Å². The van der Waals surface area contributed by atoms with Gasteiger partial charge in [-0.3, -0.25) is 0 Å². The van der Waals surface area contributed by atoms with Gasteiger partial charge in [0.15, 0.2) is 0 Å². The highest BCUT2D eigenvalue weighted by atomic mass is 15.2. The van der Waals surface area contributed by atoms with E-state index in [9.17, 15) is 0 Å². The third-order valence-electron chi connectivity index (χ3n) is 4.92. The van der Waals surface area contributed by atoms with Gasteiger partial charge < -0.3 is 14.8 Å². The largest absolute Gasteiger partial charge is 0.346 e. The van der Waals surface area contributed by atoms with Crippen LogP contribution < -0.4 is 5.32 Å². The fourth-order valence-electron chi connectivity index (χ4n) is 3.43. The average Bonchev–Trinajstić information content (AvgIpc) is 3.01. The smallest absolute Gasteiger partial charge is 0.0483 e. The molecular formula is C18H25N3. The number of hydrogen-bond donors (Lipinski definition) is 1. The van der Waals surface area contributed by atoms with E-state index < -0.39 is 0 Å². The van der Waals surface area contributed by atoms with Gasteiger partial charge in [-0.05, 0) is 56.5 Å². The molecule has 0 amide bonds. The summed E-state index contributed by atoms with van der Waals surface area (Å²) in [7, 11) is 0. The molecule has 2 heterocycles. The van der Waals surface area contributed by atoms with E-state index >= 15 is 0 Å². The molecule has 2 aromatic rings. The van der Waals surface area contributed by atoms with E-state index in [4.69, 9.17) is 0 Å². The summed E-state index contributed by atoms with van der Waals surface area (Å²) in [4.78, 5) is 2.59. The minimum Gasteiger partial charge on any atom is -0.346 e. The summed E-state index contributed by atoms with van der Waals surface area (Å²) in [5.74, 6) is 0. The summed E-state index contributed by atoms with van der Waals surface area (Å²) in [5, 5.41) is 5.06. The van der Waals surface area contributed by atoms with Gasteiger partial charge in [-0.1, -0.05) is 12.1 Å². The van der Waals surface area contributed by atoms with Crippen LogP contribution in [0.15, 0.2) is 30.5 Å². The van der Waals surface area contributed by atoms with E-state index in [1.165, 1.54) is 61.8 Å². The monoisotopic (exact) mass is 283 g/mol. The molecule has 0 bridgehead atoms. The maximum absolute atomic E-state index is 3.63. The van der Waals surface area contributed by atoms with E-state index in [0.29, 0.717) is 0 Å². The zero-order chi connectivity index (χ0) is 14.1. The number of nitrogens with one attached hydrogen (secondary N) is 1. The molecule has 112 valence electrons. The molecule has 2 aliphatic rings. The Morgan fingerprint density at radius 2 is 1.90 bits per heavy atom. The fourth-order valence-corrected chi connectivity index (χ4v) is 3.43. The summed E-state index contributed by atoms with van der Waals surface area (Å²) in [6.07, 6.45) is 7.73. The SMILES string of the molecule is c1cc(CNC2CC2)c2ccn(CCN3CCCC3)c2c1. The first kappa shape index (κ1) is 13.4. The van der Waals surface area contributed by atoms with Crippen LogP contribution in [0.3, 0.4) is 0 Å². The predicted octanol–water partition coefficient (Wildman–Crippen LogP) is 2.99. The number of aromatic nitrogens is 1. The Labute approximate surface area is 126 Å². The van der Waals surface area contributed by atoms with Crippen molar-refractivity contribution in [3.8, 4) is 0 Å². The Hall–Kier alpha value is -1.32. The predicted molar refractivity (Wildman–Crippen MR) is 87.5 cm³/mol. The van der Waals surface area contributed by atoms with Crippen molar-refractivity contribution in [3.05, 3.63) is 36.0 Å². The van der Waals surface area contributed by atoms with Crippen molar-refractivity contribution < 1.29 is 0 Å². The fraction of sp³-hybridized carbons (Fsp3) is 0.556. The van der Waals surface area contributed by atoms with Gasteiger partial charge in [0, 0.05) is 42.8 Å². The molecule has 1 N–H and O–H groups in total. The molecule has 4 rings (SSSR count). The number of nitrogens with zero attached hydrogens (tertiary/aromatic N) is 2. The topological polar surface area (TPSA) is 20.2 Å². The van der Waals surface area contributed by atoms with E-state index in [2.05, 4.69) is 45.2 Å². The molecule has 1 aromatic carbocycles. The highest BCUT2D eigenvalue weighted by molar-refractivity contribution is 5.83. The van der Waals surface area contributed by atoms with E-state index in [1.54, 1.807) is 0 Å². The van der Waals surface area contributed by atoms with E-state index in [1.807, 2.05) is 0 Å². The third-order valence-corrected chi connectivity index (χ3v) is 4.92. The summed E-state index contributed by atoms with van der Waals surface area (Å²) >= 11 is 0. The highest BCUT2D eigenvalue weighted by Crippen LogP contribution is 2.23. The number of fused-ring (bicyclic) bond motifs is 1. The van der Waals surface area contributed by atoms with Crippen LogP contribution in [0.25, 0.3) is 10.9 Å². The first-order valence-electron chi connectivity index (χ1n) is 8.43. The van der Waals surface area contributed by atoms with Crippen molar-refractivity contribution in [3.63, 3.8) is 0 Å². The lowest BCUT2D eigenvalue weighted by Crippen LogP contribution is -2.23. The lowest BCUT2D eigenvalue weighted by atomic mass is 10.1. The van der Waals surface area contributed by atoms with Crippen molar-refractivity contribution in [2.24, 2.45) is 0 Å². The van der Waals surface area contributed by atoms with Gasteiger partial charge in [0.1, 0.15) is 0 Å². The lowest BCUT2D eigenvalue weighted by molar-refractivity contribution is 0.324. The Balaban J connectivity index is 1.48. The molecule has 3 nitrogen and oxygen atoms in total. The molecule has 1 aromatic heterocycles. The second-order valence-corrected chi connectivity index (χ2v) is 6.56. The van der Waals surface area contributed by atoms with Gasteiger partial charge in [-0.25, -0.2) is 0 Å². The van der Waals surface area contributed by atoms with Gasteiger partial charge in [0.05, 0.1) is 0 Å². The Bertz CT molecular complexity index is 606. The highest BCUT2D eigenvalue weighted by Gasteiger charge is 2.20. The number of hydrogen-bond acceptors (Lipinski definition) is 2. The zero-order valence-corrected chi connectivity index (χ0v) is 12.7. The number of likely N-dealkylation sites (tertiary alicyclic amines) is 1. The Morgan fingerprint density at radius 1 is 1.05 bits per heavy atom. The quantitative estimate of drug-likeness (QED) is 0.879. The minimum absolute atomic E-state index is 0.775. The standard InChI is InChI=1S/C18H25N3/c1-2-10-20(9-1)12-13-21-11-8-17-15(4-3-5-18(17)21)14-19-16-6-7-16/h3-5,8,11,16,19H,1-2,6-7,9-10,12-14H2. The van der Waals surface area contributed by atoms with Crippen LogP contribution in [-0.4, -0.2) is 35.1 Å². The second-order valence-electron chi connectivity index (χ2n) is 6.56. The maximum atomic E-state index is 3.63. The first-order chi connectivity index (χ1) is 10.4. The Kier molecular flexibility index (Phi) is 3.70. The van der Waals surface area contributed by atoms with Gasteiger partial charge in [-0.15, -0.1) is 0 Å². The summed E-state index contributed by atoms with van der Waals surface area (Å²) in [6.45, 7) is 5.89. The third kappa shape index (κ3) is 2.99. The van der Waals surface area contributed by atoms with Gasteiger partial charge in [-0.2, -0.15) is 0 Å². The van der Waals surface area contributed by atoms with E-state index in [-0.39, 0.29) is 0 Å². The van der Waals surface area contributed by atoms with Crippen molar-refractivity contribution in [2.75, 3.05) is 19.6 Å². The molecule has 3 heteroatoms. The molecule has 1 aliphatic heterocycles. The average molecular weight is 283 g/mol. The van der Waals surface area contributed by atoms with Crippen LogP contribution in [0.1, 0.15) is 31.2 Å². The van der Waals surface area contributed by atoms with Crippen LogP contribution in [0, 0.1) is 0 Å². The maximum Gasteiger partial charge on any atom is 0.0483 e. The molecule has 0 unspecified atom stereocenters. The Morgan fingerprint density at radius 3 is 2.71 bits per heavy atom. The summed E-state index contributed by atoms with van der Waals surface area (Å²) in [6, 6.07) is 9.81. The second kappa shape index (κ2) is 5.82. The van der Waals surface area contributed by atoms with Crippen molar-refractivity contribution in [2.45, 2.75) is 44.8 Å².